The molecule has 2 aliphatic rings. The fourth-order valence-electron chi connectivity index (χ4n) is 2.65. The molecule has 17 heavy (non-hydrogen) atoms. The lowest BCUT2D eigenvalue weighted by atomic mass is 10.1. The van der Waals surface area contributed by atoms with E-state index in [0.717, 1.165) is 12.1 Å². The lowest BCUT2D eigenvalue weighted by molar-refractivity contribution is 0.00196. The number of hydrogen-bond donors (Lipinski definition) is 0. The molecule has 2 heterocycles. The molecule has 0 aromatic rings. The third kappa shape index (κ3) is 3.94. The largest absolute Gasteiger partial charge is 0.300 e. The van der Waals surface area contributed by atoms with E-state index in [2.05, 4.69) is 35.5 Å². The van der Waals surface area contributed by atoms with Gasteiger partial charge in [0.2, 0.25) is 0 Å². The minimum Gasteiger partial charge on any atom is -0.300 e. The molecule has 2 saturated heterocycles. The van der Waals surface area contributed by atoms with Crippen molar-refractivity contribution >= 4 is 0 Å². The first-order chi connectivity index (χ1) is 8.20. The standard InChI is InChI=1S/C12H25N3.C2H6/c1-4-13-9-12(10-13)15-7-5-14(6-8-15)11(2)3;1-2/h11-12H,4-10H2,1-3H3;1-2H3. The fraction of sp³-hybridized carbons (Fsp3) is 1.00. The number of piperazine rings is 1. The molecule has 3 nitrogen and oxygen atoms in total. The van der Waals surface area contributed by atoms with Crippen molar-refractivity contribution in [2.75, 3.05) is 45.8 Å². The summed E-state index contributed by atoms with van der Waals surface area (Å²) in [5.74, 6) is 0. The first-order valence-electron chi connectivity index (χ1n) is 7.41. The molecule has 0 amide bonds. The van der Waals surface area contributed by atoms with Crippen LogP contribution in [-0.2, 0) is 0 Å². The zero-order valence-corrected chi connectivity index (χ0v) is 12.4. The van der Waals surface area contributed by atoms with Gasteiger partial charge in [0.25, 0.3) is 0 Å². The van der Waals surface area contributed by atoms with Gasteiger partial charge in [0.1, 0.15) is 0 Å². The van der Waals surface area contributed by atoms with Crippen LogP contribution in [0.4, 0.5) is 0 Å². The third-order valence-corrected chi connectivity index (χ3v) is 3.98. The van der Waals surface area contributed by atoms with E-state index < -0.39 is 0 Å². The van der Waals surface area contributed by atoms with Crippen LogP contribution in [0, 0.1) is 0 Å². The second kappa shape index (κ2) is 7.34. The SMILES string of the molecule is CC.CCN1CC(N2CCN(C(C)C)CC2)C1. The van der Waals surface area contributed by atoms with E-state index in [9.17, 15) is 0 Å². The van der Waals surface area contributed by atoms with Crippen LogP contribution in [0.15, 0.2) is 0 Å². The van der Waals surface area contributed by atoms with Gasteiger partial charge >= 0.3 is 0 Å². The van der Waals surface area contributed by atoms with Gasteiger partial charge in [-0.3, -0.25) is 9.80 Å². The van der Waals surface area contributed by atoms with Crippen LogP contribution in [0.3, 0.4) is 0 Å². The van der Waals surface area contributed by atoms with Gasteiger partial charge < -0.3 is 4.90 Å². The van der Waals surface area contributed by atoms with Gasteiger partial charge in [0.15, 0.2) is 0 Å². The van der Waals surface area contributed by atoms with Crippen molar-refractivity contribution in [1.29, 1.82) is 0 Å². The van der Waals surface area contributed by atoms with Gasteiger partial charge in [-0.05, 0) is 20.4 Å². The van der Waals surface area contributed by atoms with Crippen molar-refractivity contribution in [3.05, 3.63) is 0 Å². The summed E-state index contributed by atoms with van der Waals surface area (Å²) in [6, 6.07) is 1.58. The number of hydrogen-bond acceptors (Lipinski definition) is 3. The number of rotatable bonds is 3. The Bertz CT molecular complexity index is 192. The van der Waals surface area contributed by atoms with E-state index >= 15 is 0 Å². The maximum absolute atomic E-state index is 2.69. The molecule has 0 bridgehead atoms. The van der Waals surface area contributed by atoms with E-state index in [1.54, 1.807) is 0 Å². The molecule has 0 N–H and O–H groups in total. The molecule has 0 atom stereocenters. The van der Waals surface area contributed by atoms with Crippen LogP contribution in [-0.4, -0.2) is 72.6 Å². The maximum atomic E-state index is 2.69. The van der Waals surface area contributed by atoms with Crippen molar-refractivity contribution in [1.82, 2.24) is 14.7 Å². The smallest absolute Gasteiger partial charge is 0.0351 e. The van der Waals surface area contributed by atoms with E-state index in [-0.39, 0.29) is 0 Å². The molecule has 0 saturated carbocycles. The van der Waals surface area contributed by atoms with Crippen LogP contribution in [0.2, 0.25) is 0 Å². The van der Waals surface area contributed by atoms with E-state index in [1.165, 1.54) is 45.8 Å². The summed E-state index contributed by atoms with van der Waals surface area (Å²) in [6.07, 6.45) is 0. The zero-order chi connectivity index (χ0) is 12.8. The Hall–Kier alpha value is -0.120. The molecule has 2 rings (SSSR count). The molecule has 2 fully saturated rings. The molecular weight excluding hydrogens is 210 g/mol. The molecule has 0 spiro atoms. The average molecular weight is 241 g/mol. The van der Waals surface area contributed by atoms with Gasteiger partial charge in [-0.25, -0.2) is 0 Å². The second-order valence-corrected chi connectivity index (χ2v) is 5.17. The van der Waals surface area contributed by atoms with E-state index in [4.69, 9.17) is 0 Å². The van der Waals surface area contributed by atoms with Gasteiger partial charge in [-0.15, -0.1) is 0 Å². The predicted octanol–water partition coefficient (Wildman–Crippen LogP) is 1.74. The minimum atomic E-state index is 0.723. The van der Waals surface area contributed by atoms with Gasteiger partial charge in [0, 0.05) is 51.4 Å². The van der Waals surface area contributed by atoms with Crippen LogP contribution >= 0.6 is 0 Å². The van der Waals surface area contributed by atoms with Crippen LogP contribution in [0.5, 0.6) is 0 Å². The van der Waals surface area contributed by atoms with Gasteiger partial charge in [-0.1, -0.05) is 20.8 Å². The Balaban J connectivity index is 0.000000686. The normalized spacial score (nSPS) is 24.4. The molecule has 0 unspecified atom stereocenters. The Morgan fingerprint density at radius 3 is 1.94 bits per heavy atom. The maximum Gasteiger partial charge on any atom is 0.0351 e. The molecule has 0 radical (unpaired) electrons. The highest BCUT2D eigenvalue weighted by Crippen LogP contribution is 2.17. The van der Waals surface area contributed by atoms with E-state index in [1.807, 2.05) is 13.8 Å². The Labute approximate surface area is 108 Å². The molecule has 2 aliphatic heterocycles. The first-order valence-corrected chi connectivity index (χ1v) is 7.41. The summed E-state index contributed by atoms with van der Waals surface area (Å²) in [7, 11) is 0. The summed E-state index contributed by atoms with van der Waals surface area (Å²) in [5, 5.41) is 0. The molecule has 102 valence electrons. The summed E-state index contributed by atoms with van der Waals surface area (Å²) in [6.45, 7) is 19.8. The summed E-state index contributed by atoms with van der Waals surface area (Å²) >= 11 is 0. The van der Waals surface area contributed by atoms with Gasteiger partial charge in [0.05, 0.1) is 0 Å². The van der Waals surface area contributed by atoms with Gasteiger partial charge in [-0.2, -0.15) is 0 Å². The van der Waals surface area contributed by atoms with Crippen molar-refractivity contribution in [2.45, 2.75) is 46.7 Å². The van der Waals surface area contributed by atoms with E-state index in [0.29, 0.717) is 0 Å². The molecular formula is C14H31N3. The van der Waals surface area contributed by atoms with Crippen molar-refractivity contribution < 1.29 is 0 Å². The highest BCUT2D eigenvalue weighted by molar-refractivity contribution is 4.89. The monoisotopic (exact) mass is 241 g/mol. The lowest BCUT2D eigenvalue weighted by Gasteiger charge is -2.48. The molecule has 0 aromatic heterocycles. The first kappa shape index (κ1) is 14.9. The highest BCUT2D eigenvalue weighted by Gasteiger charge is 2.32. The quantitative estimate of drug-likeness (QED) is 0.745. The minimum absolute atomic E-state index is 0.723. The summed E-state index contributed by atoms with van der Waals surface area (Å²) in [5.41, 5.74) is 0. The highest BCUT2D eigenvalue weighted by atomic mass is 15.3. The average Bonchev–Trinajstić information content (AvgIpc) is 2.31. The molecule has 0 aromatic carbocycles. The number of likely N-dealkylation sites (tertiary alicyclic amines) is 1. The van der Waals surface area contributed by atoms with Crippen LogP contribution in [0.1, 0.15) is 34.6 Å². The van der Waals surface area contributed by atoms with Crippen LogP contribution in [0.25, 0.3) is 0 Å². The molecule has 0 aliphatic carbocycles. The lowest BCUT2D eigenvalue weighted by Crippen LogP contribution is -2.63. The summed E-state index contributed by atoms with van der Waals surface area (Å²) in [4.78, 5) is 7.80. The fourth-order valence-corrected chi connectivity index (χ4v) is 2.65. The zero-order valence-electron chi connectivity index (χ0n) is 12.4. The Morgan fingerprint density at radius 1 is 1.00 bits per heavy atom. The Kier molecular flexibility index (Phi) is 6.45. The second-order valence-electron chi connectivity index (χ2n) is 5.17. The predicted molar refractivity (Wildman–Crippen MR) is 75.5 cm³/mol. The summed E-state index contributed by atoms with van der Waals surface area (Å²) < 4.78 is 0. The van der Waals surface area contributed by atoms with Crippen molar-refractivity contribution in [3.8, 4) is 0 Å². The van der Waals surface area contributed by atoms with Crippen LogP contribution < -0.4 is 0 Å². The topological polar surface area (TPSA) is 9.72 Å². The number of likely N-dealkylation sites (N-methyl/N-ethyl adjacent to an activating group) is 1. The molecule has 3 heteroatoms. The van der Waals surface area contributed by atoms with Crippen molar-refractivity contribution in [2.24, 2.45) is 0 Å². The Morgan fingerprint density at radius 2 is 1.53 bits per heavy atom. The third-order valence-electron chi connectivity index (χ3n) is 3.98. The number of nitrogens with zero attached hydrogens (tertiary/aromatic N) is 3. The van der Waals surface area contributed by atoms with Crippen molar-refractivity contribution in [3.63, 3.8) is 0 Å².